The number of aliphatic hydroxyl groups is 1. The summed E-state index contributed by atoms with van der Waals surface area (Å²) in [5, 5.41) is 12.6. The lowest BCUT2D eigenvalue weighted by atomic mass is 10.2. The highest BCUT2D eigenvalue weighted by molar-refractivity contribution is 7.46. The molecule has 0 bridgehead atoms. The number of aromatic amines is 1. The molecule has 0 saturated carbocycles. The Hall–Kier alpha value is -2.15. The molecule has 2 aromatic heterocycles. The summed E-state index contributed by atoms with van der Waals surface area (Å²) in [6.07, 6.45) is -1.49. The lowest BCUT2D eigenvalue weighted by Gasteiger charge is -2.16. The zero-order chi connectivity index (χ0) is 20.6. The van der Waals surface area contributed by atoms with E-state index in [-0.39, 0.29) is 35.4 Å². The van der Waals surface area contributed by atoms with Gasteiger partial charge in [-0.15, -0.1) is 0 Å². The van der Waals surface area contributed by atoms with Gasteiger partial charge in [0.2, 0.25) is 11.9 Å². The zero-order valence-electron chi connectivity index (χ0n) is 15.0. The molecule has 3 rings (SSSR count). The van der Waals surface area contributed by atoms with Crippen molar-refractivity contribution in [3.05, 3.63) is 16.7 Å². The molecule has 3 heterocycles. The molecule has 0 aliphatic carbocycles. The van der Waals surface area contributed by atoms with Crippen molar-refractivity contribution < 1.29 is 33.5 Å². The molecule has 2 aromatic rings. The number of carbonyl (C=O) groups excluding carboxylic acids is 1. The van der Waals surface area contributed by atoms with Crippen LogP contribution in [0, 0.1) is 5.92 Å². The number of fused-ring (bicyclic) bond motifs is 1. The standard InChI is InChI=1S/C14H20N5O8P/c1-6(2)12(21)17-14-16-11-10(13(22)18-14)15-5-19(11)9-3-7(20)8(27-9)4-26-28(23,24)25/h5-9,20H,3-4H2,1-2H3,(H2,23,24,25)(H2,16,17,18,21,22)/t7-,8+,9+/m0/s1. The molecule has 1 aliphatic rings. The van der Waals surface area contributed by atoms with Crippen LogP contribution in [-0.2, 0) is 18.6 Å². The normalized spacial score (nSPS) is 22.9. The number of imidazole rings is 1. The summed E-state index contributed by atoms with van der Waals surface area (Å²) >= 11 is 0. The highest BCUT2D eigenvalue weighted by atomic mass is 31.2. The Morgan fingerprint density at radius 3 is 2.89 bits per heavy atom. The first kappa shape index (κ1) is 20.6. The van der Waals surface area contributed by atoms with Gasteiger partial charge < -0.3 is 19.6 Å². The maximum absolute atomic E-state index is 12.2. The van der Waals surface area contributed by atoms with Crippen LogP contribution in [0.2, 0.25) is 0 Å². The van der Waals surface area contributed by atoms with Crippen LogP contribution in [0.3, 0.4) is 0 Å². The summed E-state index contributed by atoms with van der Waals surface area (Å²) in [5.74, 6) is -0.720. The molecule has 1 aliphatic heterocycles. The van der Waals surface area contributed by atoms with Gasteiger partial charge in [-0.05, 0) is 0 Å². The minimum atomic E-state index is -4.71. The second-order valence-corrected chi connectivity index (χ2v) is 7.84. The second kappa shape index (κ2) is 7.70. The lowest BCUT2D eigenvalue weighted by Crippen LogP contribution is -2.26. The van der Waals surface area contributed by atoms with Gasteiger partial charge in [-0.2, -0.15) is 4.98 Å². The fraction of sp³-hybridized carbons (Fsp3) is 0.571. The third-order valence-electron chi connectivity index (χ3n) is 4.12. The van der Waals surface area contributed by atoms with Crippen LogP contribution in [0.4, 0.5) is 5.95 Å². The number of phosphoric ester groups is 1. The first-order valence-corrected chi connectivity index (χ1v) is 9.89. The molecule has 1 fully saturated rings. The van der Waals surface area contributed by atoms with Crippen molar-refractivity contribution in [2.24, 2.45) is 5.92 Å². The number of hydrogen-bond donors (Lipinski definition) is 5. The van der Waals surface area contributed by atoms with Gasteiger partial charge >= 0.3 is 7.82 Å². The molecule has 154 valence electrons. The van der Waals surface area contributed by atoms with Crippen molar-refractivity contribution in [1.82, 2.24) is 19.5 Å². The maximum Gasteiger partial charge on any atom is 0.469 e. The number of H-pyrrole nitrogens is 1. The maximum atomic E-state index is 12.2. The number of nitrogens with one attached hydrogen (secondary N) is 2. The number of nitrogens with zero attached hydrogens (tertiary/aromatic N) is 3. The van der Waals surface area contributed by atoms with Crippen molar-refractivity contribution in [1.29, 1.82) is 0 Å². The number of aromatic nitrogens is 4. The van der Waals surface area contributed by atoms with Gasteiger partial charge in [0, 0.05) is 12.3 Å². The highest BCUT2D eigenvalue weighted by Gasteiger charge is 2.37. The molecule has 13 nitrogen and oxygen atoms in total. The molecule has 28 heavy (non-hydrogen) atoms. The number of phosphoric acid groups is 1. The van der Waals surface area contributed by atoms with Crippen LogP contribution in [0.1, 0.15) is 26.5 Å². The third kappa shape index (κ3) is 4.46. The fourth-order valence-electron chi connectivity index (χ4n) is 2.66. The smallest absolute Gasteiger partial charge is 0.390 e. The largest absolute Gasteiger partial charge is 0.469 e. The topological polar surface area (TPSA) is 189 Å². The van der Waals surface area contributed by atoms with E-state index in [9.17, 15) is 19.3 Å². The number of aliphatic hydroxyl groups excluding tert-OH is 1. The van der Waals surface area contributed by atoms with Gasteiger partial charge in [-0.1, -0.05) is 13.8 Å². The molecular weight excluding hydrogens is 397 g/mol. The summed E-state index contributed by atoms with van der Waals surface area (Å²) < 4.78 is 22.2. The van der Waals surface area contributed by atoms with Crippen LogP contribution in [0.25, 0.3) is 11.2 Å². The number of carbonyl (C=O) groups is 1. The van der Waals surface area contributed by atoms with Gasteiger partial charge in [0.25, 0.3) is 5.56 Å². The van der Waals surface area contributed by atoms with E-state index in [2.05, 4.69) is 24.8 Å². The van der Waals surface area contributed by atoms with E-state index in [0.717, 1.165) is 0 Å². The minimum absolute atomic E-state index is 0.00977. The molecule has 0 unspecified atom stereocenters. The predicted octanol–water partition coefficient (Wildman–Crippen LogP) is -0.528. The zero-order valence-corrected chi connectivity index (χ0v) is 15.9. The van der Waals surface area contributed by atoms with Crippen molar-refractivity contribution in [3.8, 4) is 0 Å². The molecule has 3 atom stereocenters. The Labute approximate surface area is 158 Å². The lowest BCUT2D eigenvalue weighted by molar-refractivity contribution is -0.118. The summed E-state index contributed by atoms with van der Waals surface area (Å²) in [7, 11) is -4.71. The average Bonchev–Trinajstić information content (AvgIpc) is 3.15. The summed E-state index contributed by atoms with van der Waals surface area (Å²) in [6, 6.07) is 0. The van der Waals surface area contributed by atoms with Crippen LogP contribution >= 0.6 is 7.82 Å². The van der Waals surface area contributed by atoms with E-state index in [1.807, 2.05) is 0 Å². The van der Waals surface area contributed by atoms with E-state index in [1.165, 1.54) is 10.9 Å². The molecule has 0 radical (unpaired) electrons. The van der Waals surface area contributed by atoms with Crippen LogP contribution in [-0.4, -0.2) is 59.1 Å². The minimum Gasteiger partial charge on any atom is -0.390 e. The number of amides is 1. The molecular formula is C14H20N5O8P. The molecule has 0 aromatic carbocycles. The number of rotatable bonds is 6. The van der Waals surface area contributed by atoms with Crippen molar-refractivity contribution in [2.45, 2.75) is 38.7 Å². The van der Waals surface area contributed by atoms with E-state index in [0.29, 0.717) is 0 Å². The van der Waals surface area contributed by atoms with Crippen molar-refractivity contribution in [2.75, 3.05) is 11.9 Å². The van der Waals surface area contributed by atoms with Gasteiger partial charge in [0.15, 0.2) is 11.2 Å². The first-order valence-electron chi connectivity index (χ1n) is 8.36. The number of ether oxygens (including phenoxy) is 1. The Kier molecular flexibility index (Phi) is 5.66. The fourth-order valence-corrected chi connectivity index (χ4v) is 3.00. The Bertz CT molecular complexity index is 982. The predicted molar refractivity (Wildman–Crippen MR) is 94.1 cm³/mol. The van der Waals surface area contributed by atoms with Gasteiger partial charge in [0.1, 0.15) is 12.3 Å². The third-order valence-corrected chi connectivity index (χ3v) is 4.61. The number of hydrogen-bond acceptors (Lipinski definition) is 8. The molecule has 1 amide bonds. The van der Waals surface area contributed by atoms with Crippen LogP contribution in [0.5, 0.6) is 0 Å². The van der Waals surface area contributed by atoms with Gasteiger partial charge in [0.05, 0.1) is 19.0 Å². The summed E-state index contributed by atoms with van der Waals surface area (Å²) in [5.41, 5.74) is -0.435. The van der Waals surface area contributed by atoms with E-state index >= 15 is 0 Å². The first-order chi connectivity index (χ1) is 13.0. The number of anilines is 1. The molecule has 5 N–H and O–H groups in total. The van der Waals surface area contributed by atoms with Crippen molar-refractivity contribution >= 4 is 30.8 Å². The van der Waals surface area contributed by atoms with Crippen molar-refractivity contribution in [3.63, 3.8) is 0 Å². The summed E-state index contributed by atoms with van der Waals surface area (Å²) in [4.78, 5) is 52.2. The SMILES string of the molecule is CC(C)C(=O)Nc1nc2c(ncn2[C@H]2C[C@H](O)[C@@H](COP(=O)(O)O)O2)c(=O)[nH]1. The van der Waals surface area contributed by atoms with Gasteiger partial charge in [-0.25, -0.2) is 9.55 Å². The van der Waals surface area contributed by atoms with Crippen LogP contribution < -0.4 is 10.9 Å². The summed E-state index contributed by atoms with van der Waals surface area (Å²) in [6.45, 7) is 2.85. The Morgan fingerprint density at radius 2 is 2.25 bits per heavy atom. The van der Waals surface area contributed by atoms with E-state index < -0.39 is 38.4 Å². The monoisotopic (exact) mass is 417 g/mol. The van der Waals surface area contributed by atoms with E-state index in [1.54, 1.807) is 13.8 Å². The second-order valence-electron chi connectivity index (χ2n) is 6.60. The molecule has 0 spiro atoms. The molecule has 1 saturated heterocycles. The quantitative estimate of drug-likeness (QED) is 0.382. The Balaban J connectivity index is 1.85. The average molecular weight is 417 g/mol. The molecule has 14 heteroatoms. The van der Waals surface area contributed by atoms with Gasteiger partial charge in [-0.3, -0.25) is 29.0 Å². The van der Waals surface area contributed by atoms with E-state index in [4.69, 9.17) is 14.5 Å². The highest BCUT2D eigenvalue weighted by Crippen LogP contribution is 2.38. The van der Waals surface area contributed by atoms with Crippen LogP contribution in [0.15, 0.2) is 11.1 Å². The Morgan fingerprint density at radius 1 is 1.54 bits per heavy atom.